The first-order chi connectivity index (χ1) is 9.29. The maximum absolute atomic E-state index is 11.3. The molecule has 1 aromatic carbocycles. The van der Waals surface area contributed by atoms with E-state index in [0.717, 1.165) is 11.3 Å². The minimum atomic E-state index is -0.149. The molecule has 0 amide bonds. The van der Waals surface area contributed by atoms with Crippen LogP contribution in [0.5, 0.6) is 0 Å². The number of rotatable bonds is 1. The number of nitrogen functional groups attached to an aromatic ring is 1. The Morgan fingerprint density at radius 1 is 1.25 bits per heavy atom. The van der Waals surface area contributed by atoms with E-state index in [1.165, 1.54) is 0 Å². The second-order valence-electron chi connectivity index (χ2n) is 5.67. The van der Waals surface area contributed by atoms with Crippen molar-refractivity contribution in [1.29, 1.82) is 0 Å². The highest BCUT2D eigenvalue weighted by Crippen LogP contribution is 2.33. The van der Waals surface area contributed by atoms with Crippen LogP contribution in [0.4, 0.5) is 5.69 Å². The molecule has 110 valence electrons. The van der Waals surface area contributed by atoms with Crippen molar-refractivity contribution < 1.29 is 4.79 Å². The van der Waals surface area contributed by atoms with E-state index >= 15 is 0 Å². The number of benzene rings is 1. The van der Waals surface area contributed by atoms with E-state index in [0.29, 0.717) is 12.1 Å². The molecular weight excluding hydrogens is 252 g/mol. The van der Waals surface area contributed by atoms with Crippen molar-refractivity contribution in [3.63, 3.8) is 0 Å². The van der Waals surface area contributed by atoms with Gasteiger partial charge < -0.3 is 16.9 Å². The van der Waals surface area contributed by atoms with Crippen molar-refractivity contribution in [1.82, 2.24) is 0 Å². The molecule has 0 heterocycles. The third-order valence-corrected chi connectivity index (χ3v) is 3.59. The second kappa shape index (κ2) is 6.54. The van der Waals surface area contributed by atoms with Gasteiger partial charge in [0.15, 0.2) is 5.78 Å². The van der Waals surface area contributed by atoms with Gasteiger partial charge in [-0.1, -0.05) is 32.0 Å². The number of para-hydroxylation sites is 1. The van der Waals surface area contributed by atoms with E-state index in [1.54, 1.807) is 0 Å². The van der Waals surface area contributed by atoms with Crippen LogP contribution in [0.25, 0.3) is 0 Å². The van der Waals surface area contributed by atoms with Gasteiger partial charge in [0.2, 0.25) is 0 Å². The molecule has 0 fully saturated rings. The number of hydrogen-bond acceptors (Lipinski definition) is 5. The summed E-state index contributed by atoms with van der Waals surface area (Å²) in [5.74, 6) is 5.13. The Morgan fingerprint density at radius 2 is 1.80 bits per heavy atom. The van der Waals surface area contributed by atoms with Gasteiger partial charge in [-0.05, 0) is 30.0 Å². The Kier molecular flexibility index (Phi) is 5.30. The molecule has 0 radical (unpaired) electrons. The van der Waals surface area contributed by atoms with Gasteiger partial charge in [0, 0.05) is 18.2 Å². The fourth-order valence-electron chi connectivity index (χ4n) is 2.13. The highest BCUT2D eigenvalue weighted by Gasteiger charge is 2.36. The Balaban J connectivity index is 0.000000217. The first-order valence-corrected chi connectivity index (χ1v) is 6.56. The molecule has 1 atom stereocenters. The van der Waals surface area contributed by atoms with Gasteiger partial charge in [-0.15, -0.1) is 0 Å². The van der Waals surface area contributed by atoms with Crippen molar-refractivity contribution in [2.24, 2.45) is 22.7 Å². The average molecular weight is 276 g/mol. The summed E-state index contributed by atoms with van der Waals surface area (Å²) in [7, 11) is 0. The van der Waals surface area contributed by atoms with E-state index in [4.69, 9.17) is 17.3 Å². The molecule has 1 aliphatic carbocycles. The van der Waals surface area contributed by atoms with E-state index in [2.05, 4.69) is 5.43 Å². The number of carbonyl (C=O) groups is 1. The van der Waals surface area contributed by atoms with Gasteiger partial charge in [-0.25, -0.2) is 0 Å². The molecule has 1 aromatic rings. The van der Waals surface area contributed by atoms with Crippen molar-refractivity contribution in [3.8, 4) is 0 Å². The van der Waals surface area contributed by atoms with E-state index < -0.39 is 0 Å². The largest absolute Gasteiger partial charge is 0.396 e. The zero-order valence-electron chi connectivity index (χ0n) is 12.3. The highest BCUT2D eigenvalue weighted by atomic mass is 16.1. The number of hydrogen-bond donors (Lipinski definition) is 4. The van der Waals surface area contributed by atoms with Crippen LogP contribution >= 0.6 is 0 Å². The summed E-state index contributed by atoms with van der Waals surface area (Å²) < 4.78 is 0. The van der Waals surface area contributed by atoms with Gasteiger partial charge in [0.25, 0.3) is 0 Å². The molecular formula is C15H24N4O. The van der Waals surface area contributed by atoms with Crippen molar-refractivity contribution in [3.05, 3.63) is 41.6 Å². The van der Waals surface area contributed by atoms with Crippen LogP contribution in [0.2, 0.25) is 0 Å². The maximum atomic E-state index is 11.3. The summed E-state index contributed by atoms with van der Waals surface area (Å²) in [6.45, 7) is 5.82. The number of nitrogens with two attached hydrogens (primary N) is 3. The lowest BCUT2D eigenvalue weighted by Gasteiger charge is -2.36. The predicted octanol–water partition coefficient (Wildman–Crippen LogP) is 1.52. The fourth-order valence-corrected chi connectivity index (χ4v) is 2.13. The lowest BCUT2D eigenvalue weighted by molar-refractivity contribution is -0.118. The number of carbonyl (C=O) groups excluding carboxylic acids is 1. The van der Waals surface area contributed by atoms with E-state index in [9.17, 15) is 4.79 Å². The smallest absolute Gasteiger partial charge is 0.179 e. The molecule has 0 aliphatic heterocycles. The SMILES string of the molecule is CC1=C(N)C(=O)CC(C)(C)C1N.NNc1ccccc1. The molecule has 0 saturated heterocycles. The van der Waals surface area contributed by atoms with Crippen LogP contribution in [0.15, 0.2) is 41.6 Å². The van der Waals surface area contributed by atoms with Crippen molar-refractivity contribution in [2.45, 2.75) is 33.2 Å². The third-order valence-electron chi connectivity index (χ3n) is 3.59. The molecule has 0 saturated carbocycles. The topological polar surface area (TPSA) is 107 Å². The quantitative estimate of drug-likeness (QED) is 0.459. The van der Waals surface area contributed by atoms with Crippen LogP contribution in [0.3, 0.4) is 0 Å². The summed E-state index contributed by atoms with van der Waals surface area (Å²) in [4.78, 5) is 11.3. The van der Waals surface area contributed by atoms with Crippen LogP contribution < -0.4 is 22.7 Å². The van der Waals surface area contributed by atoms with Crippen LogP contribution in [-0.2, 0) is 4.79 Å². The fraction of sp³-hybridized carbons (Fsp3) is 0.400. The predicted molar refractivity (Wildman–Crippen MR) is 82.5 cm³/mol. The van der Waals surface area contributed by atoms with Gasteiger partial charge in [0.1, 0.15) is 0 Å². The zero-order valence-corrected chi connectivity index (χ0v) is 12.3. The number of hydrazine groups is 1. The van der Waals surface area contributed by atoms with Gasteiger partial charge >= 0.3 is 0 Å². The Morgan fingerprint density at radius 3 is 2.25 bits per heavy atom. The number of nitrogens with one attached hydrogen (secondary N) is 1. The monoisotopic (exact) mass is 276 g/mol. The first-order valence-electron chi connectivity index (χ1n) is 6.56. The summed E-state index contributed by atoms with van der Waals surface area (Å²) in [5.41, 5.74) is 16.0. The normalized spacial score (nSPS) is 21.1. The third kappa shape index (κ3) is 3.82. The van der Waals surface area contributed by atoms with Crippen LogP contribution in [0.1, 0.15) is 27.2 Å². The lowest BCUT2D eigenvalue weighted by atomic mass is 9.72. The molecule has 7 N–H and O–H groups in total. The summed E-state index contributed by atoms with van der Waals surface area (Å²) in [5, 5.41) is 0. The van der Waals surface area contributed by atoms with Crippen molar-refractivity contribution in [2.75, 3.05) is 5.43 Å². The minimum absolute atomic E-state index is 0.0270. The Labute approximate surface area is 120 Å². The lowest BCUT2D eigenvalue weighted by Crippen LogP contribution is -2.45. The molecule has 1 aliphatic rings. The number of anilines is 1. The molecule has 0 spiro atoms. The zero-order chi connectivity index (χ0) is 15.3. The molecule has 0 aromatic heterocycles. The van der Waals surface area contributed by atoms with E-state index in [-0.39, 0.29) is 17.2 Å². The standard InChI is InChI=1S/C9H16N2O.C6H8N2/c1-5-7(10)6(12)4-9(2,3)8(5)11;7-8-6-4-2-1-3-5-6/h8H,4,10-11H2,1-3H3;1-5,8H,7H2. The number of Topliss-reactive ketones (excluding diaryl/α,β-unsaturated/α-hetero) is 1. The van der Waals surface area contributed by atoms with Crippen LogP contribution in [-0.4, -0.2) is 11.8 Å². The molecule has 5 heteroatoms. The van der Waals surface area contributed by atoms with Crippen LogP contribution in [0, 0.1) is 5.41 Å². The van der Waals surface area contributed by atoms with Crippen molar-refractivity contribution >= 4 is 11.5 Å². The molecule has 20 heavy (non-hydrogen) atoms. The summed E-state index contributed by atoms with van der Waals surface area (Å²) in [6, 6.07) is 9.51. The number of allylic oxidation sites excluding steroid dienone is 1. The molecule has 0 bridgehead atoms. The summed E-state index contributed by atoms with van der Waals surface area (Å²) in [6.07, 6.45) is 0.456. The minimum Gasteiger partial charge on any atom is -0.396 e. The maximum Gasteiger partial charge on any atom is 0.179 e. The van der Waals surface area contributed by atoms with E-state index in [1.807, 2.05) is 51.1 Å². The molecule has 1 unspecified atom stereocenters. The molecule has 2 rings (SSSR count). The van der Waals surface area contributed by atoms with Gasteiger partial charge in [-0.2, -0.15) is 0 Å². The van der Waals surface area contributed by atoms with Gasteiger partial charge in [0.05, 0.1) is 5.70 Å². The Hall–Kier alpha value is -1.85. The average Bonchev–Trinajstić information content (AvgIpc) is 2.44. The summed E-state index contributed by atoms with van der Waals surface area (Å²) >= 11 is 0. The molecule has 5 nitrogen and oxygen atoms in total. The highest BCUT2D eigenvalue weighted by molar-refractivity contribution is 5.96. The van der Waals surface area contributed by atoms with Gasteiger partial charge in [-0.3, -0.25) is 10.6 Å². The Bertz CT molecular complexity index is 494. The first kappa shape index (κ1) is 16.2. The number of ketones is 1. The second-order valence-corrected chi connectivity index (χ2v) is 5.67.